The summed E-state index contributed by atoms with van der Waals surface area (Å²) in [6.45, 7) is 9.49. The predicted molar refractivity (Wildman–Crippen MR) is 115 cm³/mol. The summed E-state index contributed by atoms with van der Waals surface area (Å²) in [6.07, 6.45) is 6.60. The molecule has 5 rings (SSSR count). The number of hydrogen-bond acceptors (Lipinski definition) is 0. The summed E-state index contributed by atoms with van der Waals surface area (Å²) in [6, 6.07) is 17.4. The van der Waals surface area contributed by atoms with Crippen molar-refractivity contribution < 1.29 is 44.9 Å². The van der Waals surface area contributed by atoms with Gasteiger partial charge in [-0.05, 0) is 0 Å². The molecule has 0 bridgehead atoms. The van der Waals surface area contributed by atoms with E-state index in [1.54, 1.807) is 45.5 Å². The maximum atomic E-state index is 2.55. The van der Waals surface area contributed by atoms with Gasteiger partial charge in [0.2, 0.25) is 0 Å². The number of halogens is 2. The molecule has 0 aromatic heterocycles. The van der Waals surface area contributed by atoms with Crippen molar-refractivity contribution in [2.45, 2.75) is 53.6 Å². The Labute approximate surface area is 195 Å². The van der Waals surface area contributed by atoms with Crippen LogP contribution in [0, 0.1) is 13.8 Å². The average molecular weight is 606 g/mol. The normalized spacial score (nSPS) is 20.9. The minimum absolute atomic E-state index is 0. The Morgan fingerprint density at radius 3 is 1.55 bits per heavy atom. The monoisotopic (exact) mass is 606 g/mol. The maximum Gasteiger partial charge on any atom is -1.00 e. The van der Waals surface area contributed by atoms with Crippen LogP contribution in [0.25, 0.3) is 12.2 Å². The second-order valence-corrected chi connectivity index (χ2v) is 30.7. The molecule has 2 aromatic rings. The van der Waals surface area contributed by atoms with Gasteiger partial charge in [0.05, 0.1) is 0 Å². The van der Waals surface area contributed by atoms with Crippen molar-refractivity contribution >= 4 is 17.6 Å². The first-order valence-electron chi connectivity index (χ1n) is 10.3. The molecule has 0 N–H and O–H groups in total. The molecule has 0 spiro atoms. The molecule has 4 heteroatoms. The largest absolute Gasteiger partial charge is 1.00 e. The zero-order valence-corrected chi connectivity index (χ0v) is 23.8. The van der Waals surface area contributed by atoms with Crippen molar-refractivity contribution in [1.29, 1.82) is 0 Å². The van der Waals surface area contributed by atoms with Gasteiger partial charge in [-0.25, -0.2) is 0 Å². The van der Waals surface area contributed by atoms with Gasteiger partial charge in [0.25, 0.3) is 0 Å². The Bertz CT molecular complexity index is 983. The average Bonchev–Trinajstić information content (AvgIpc) is 3.10. The van der Waals surface area contributed by atoms with E-state index < -0.39 is 20.1 Å². The summed E-state index contributed by atoms with van der Waals surface area (Å²) in [4.78, 5) is 0. The molecule has 0 amide bonds. The maximum absolute atomic E-state index is 2.55. The fourth-order valence-corrected chi connectivity index (χ4v) is 42.2. The molecule has 2 aliphatic carbocycles. The van der Waals surface area contributed by atoms with Crippen LogP contribution in [0.5, 0.6) is 0 Å². The van der Waals surface area contributed by atoms with Crippen molar-refractivity contribution in [2.24, 2.45) is 0 Å². The number of hydrogen-bond donors (Lipinski definition) is 0. The second-order valence-electron chi connectivity index (χ2n) is 8.71. The third-order valence-electron chi connectivity index (χ3n) is 6.98. The molecule has 150 valence electrons. The van der Waals surface area contributed by atoms with Crippen molar-refractivity contribution in [1.82, 2.24) is 0 Å². The molecule has 1 aliphatic heterocycles. The first kappa shape index (κ1) is 23.3. The minimum atomic E-state index is -1.97. The summed E-state index contributed by atoms with van der Waals surface area (Å²) >= 11 is -1.97. The van der Waals surface area contributed by atoms with Crippen LogP contribution in [0.15, 0.2) is 47.5 Å². The molecule has 1 fully saturated rings. The third kappa shape index (κ3) is 3.73. The molecular formula is C25H28Cl2HfSi. The van der Waals surface area contributed by atoms with E-state index in [-0.39, 0.29) is 30.3 Å². The first-order chi connectivity index (χ1) is 13.1. The van der Waals surface area contributed by atoms with Crippen molar-refractivity contribution in [2.75, 3.05) is 0 Å². The summed E-state index contributed by atoms with van der Waals surface area (Å²) in [5.74, 6) is 0. The first-order valence-corrected chi connectivity index (χ1v) is 21.8. The van der Waals surface area contributed by atoms with Crippen LogP contribution in [0.1, 0.15) is 61.0 Å². The Morgan fingerprint density at radius 1 is 0.724 bits per heavy atom. The van der Waals surface area contributed by atoms with Gasteiger partial charge in [0, 0.05) is 0 Å². The van der Waals surface area contributed by atoms with Crippen molar-refractivity contribution in [3.05, 3.63) is 80.9 Å². The second kappa shape index (κ2) is 8.98. The molecule has 0 saturated carbocycles. The summed E-state index contributed by atoms with van der Waals surface area (Å²) in [5, 5.41) is 0. The van der Waals surface area contributed by atoms with E-state index in [4.69, 9.17) is 0 Å². The number of rotatable bonds is 2. The van der Waals surface area contributed by atoms with Crippen LogP contribution >= 0.6 is 0 Å². The SMILES string of the molecule is CC1=Cc2c(C)cccc2[CH]1[Hf+2]([CH]1C(C)=Cc2c(C)cccc21)=[Si]1CCC1.[Cl-].[Cl-]. The number of aryl methyl sites for hydroxylation is 2. The van der Waals surface area contributed by atoms with Crippen LogP contribution in [-0.2, 0) is 20.1 Å². The Kier molecular flexibility index (Phi) is 7.20. The fraction of sp³-hybridized carbons (Fsp3) is 0.360. The van der Waals surface area contributed by atoms with E-state index in [2.05, 4.69) is 76.2 Å². The van der Waals surface area contributed by atoms with E-state index >= 15 is 0 Å². The van der Waals surface area contributed by atoms with E-state index in [1.165, 1.54) is 17.5 Å². The van der Waals surface area contributed by atoms with E-state index in [0.29, 0.717) is 0 Å². The van der Waals surface area contributed by atoms with Crippen molar-refractivity contribution in [3.63, 3.8) is 0 Å². The minimum Gasteiger partial charge on any atom is -1.00 e. The van der Waals surface area contributed by atoms with Gasteiger partial charge in [-0.15, -0.1) is 0 Å². The molecule has 2 aromatic carbocycles. The molecule has 0 radical (unpaired) electrons. The zero-order chi connectivity index (χ0) is 18.7. The quantitative estimate of drug-likeness (QED) is 0.448. The molecule has 1 saturated heterocycles. The smallest absolute Gasteiger partial charge is 1.00 e. The summed E-state index contributed by atoms with van der Waals surface area (Å²) in [5.41, 5.74) is 12.8. The van der Waals surface area contributed by atoms with Crippen LogP contribution in [0.2, 0.25) is 12.1 Å². The third-order valence-corrected chi connectivity index (χ3v) is 38.6. The van der Waals surface area contributed by atoms with E-state index in [9.17, 15) is 0 Å². The molecule has 3 aliphatic rings. The van der Waals surface area contributed by atoms with Gasteiger partial charge in [-0.1, -0.05) is 0 Å². The van der Waals surface area contributed by atoms with Gasteiger partial charge < -0.3 is 24.8 Å². The topological polar surface area (TPSA) is 0 Å². The Balaban J connectivity index is 0.00000120. The van der Waals surface area contributed by atoms with Gasteiger partial charge in [0.1, 0.15) is 0 Å². The number of allylic oxidation sites excluding steroid dienone is 2. The standard InChI is InChI=1S/2C11H11.C3H6Si.2ClH.Hf/c2*1-8-6-10-5-3-4-9(2)11(10)7-8;1-2-4-3-1;;;/h2*3-7H,1-2H3;1-3H2;2*1H;/q;;;;;+2/p-2. The van der Waals surface area contributed by atoms with Crippen LogP contribution < -0.4 is 24.8 Å². The number of benzene rings is 2. The van der Waals surface area contributed by atoms with Gasteiger partial charge >= 0.3 is 172 Å². The molecule has 2 unspecified atom stereocenters. The summed E-state index contributed by atoms with van der Waals surface area (Å²) in [7, 11) is 0. The molecule has 1 heterocycles. The molecule has 29 heavy (non-hydrogen) atoms. The van der Waals surface area contributed by atoms with Crippen LogP contribution in [-0.4, -0.2) is 5.49 Å². The van der Waals surface area contributed by atoms with E-state index in [1.807, 2.05) is 0 Å². The van der Waals surface area contributed by atoms with Gasteiger partial charge in [-0.3, -0.25) is 0 Å². The predicted octanol–water partition coefficient (Wildman–Crippen LogP) is 0.941. The van der Waals surface area contributed by atoms with Crippen molar-refractivity contribution in [3.8, 4) is 0 Å². The van der Waals surface area contributed by atoms with E-state index in [0.717, 1.165) is 7.35 Å². The molecular weight excluding hydrogens is 578 g/mol. The summed E-state index contributed by atoms with van der Waals surface area (Å²) < 4.78 is 1.66. The van der Waals surface area contributed by atoms with Crippen LogP contribution in [0.3, 0.4) is 0 Å². The van der Waals surface area contributed by atoms with Crippen LogP contribution in [0.4, 0.5) is 0 Å². The number of fused-ring (bicyclic) bond motifs is 2. The zero-order valence-electron chi connectivity index (χ0n) is 17.7. The molecule has 2 atom stereocenters. The van der Waals surface area contributed by atoms with Gasteiger partial charge in [0.15, 0.2) is 0 Å². The Morgan fingerprint density at radius 2 is 1.17 bits per heavy atom. The molecule has 0 nitrogen and oxygen atoms in total. The van der Waals surface area contributed by atoms with Gasteiger partial charge in [-0.2, -0.15) is 0 Å². The fourth-order valence-electron chi connectivity index (χ4n) is 5.46. The Hall–Kier alpha value is -0.413.